The van der Waals surface area contributed by atoms with Gasteiger partial charge in [-0.2, -0.15) is 0 Å². The summed E-state index contributed by atoms with van der Waals surface area (Å²) in [5.74, 6) is -0.592. The number of amides is 2. The zero-order chi connectivity index (χ0) is 21.8. The molecule has 0 aliphatic heterocycles. The molecule has 3 rings (SSSR count). The molecule has 0 spiro atoms. The van der Waals surface area contributed by atoms with Crippen molar-refractivity contribution in [1.82, 2.24) is 19.9 Å². The molecule has 0 fully saturated rings. The van der Waals surface area contributed by atoms with E-state index in [4.69, 9.17) is 23.2 Å². The Balaban J connectivity index is 1.81. The molecule has 9 heteroatoms. The standard InChI is InChI=1S/C21H21Cl2N5O2/c1-4-27(5-2)21(30)15-11-10-14(12-17(15)23)24-20(29)19-13(3)28(26-25-19)18-9-7-6-8-16(18)22/h6-12H,4-5H2,1-3H3,(H,24,29). The molecule has 3 aromatic rings. The first-order chi connectivity index (χ1) is 14.4. The fraction of sp³-hybridized carbons (Fsp3) is 0.238. The third-order valence-corrected chi connectivity index (χ3v) is 5.33. The van der Waals surface area contributed by atoms with Gasteiger partial charge in [-0.3, -0.25) is 9.59 Å². The summed E-state index contributed by atoms with van der Waals surface area (Å²) < 4.78 is 1.51. The number of rotatable bonds is 6. The van der Waals surface area contributed by atoms with Gasteiger partial charge < -0.3 is 10.2 Å². The lowest BCUT2D eigenvalue weighted by Crippen LogP contribution is -2.30. The number of hydrogen-bond acceptors (Lipinski definition) is 4. The van der Waals surface area contributed by atoms with Crippen LogP contribution < -0.4 is 5.32 Å². The van der Waals surface area contributed by atoms with Gasteiger partial charge in [-0.15, -0.1) is 5.10 Å². The van der Waals surface area contributed by atoms with Crippen LogP contribution in [-0.4, -0.2) is 44.8 Å². The molecular weight excluding hydrogens is 425 g/mol. The molecule has 0 unspecified atom stereocenters. The summed E-state index contributed by atoms with van der Waals surface area (Å²) in [6, 6.07) is 11.9. The monoisotopic (exact) mass is 445 g/mol. The Morgan fingerprint density at radius 1 is 1.07 bits per heavy atom. The number of nitrogens with one attached hydrogen (secondary N) is 1. The van der Waals surface area contributed by atoms with Crippen LogP contribution in [0.1, 0.15) is 40.4 Å². The normalized spacial score (nSPS) is 10.7. The Kier molecular flexibility index (Phi) is 6.74. The van der Waals surface area contributed by atoms with Crippen molar-refractivity contribution in [3.05, 3.63) is 69.5 Å². The maximum Gasteiger partial charge on any atom is 0.278 e. The van der Waals surface area contributed by atoms with Gasteiger partial charge in [0.05, 0.1) is 27.0 Å². The first-order valence-electron chi connectivity index (χ1n) is 9.44. The number of carbonyl (C=O) groups excluding carboxylic acids is 2. The molecule has 2 amide bonds. The van der Waals surface area contributed by atoms with Gasteiger partial charge in [-0.05, 0) is 51.1 Å². The van der Waals surface area contributed by atoms with Crippen molar-refractivity contribution in [2.75, 3.05) is 18.4 Å². The number of halogens is 2. The highest BCUT2D eigenvalue weighted by atomic mass is 35.5. The molecule has 7 nitrogen and oxygen atoms in total. The summed E-state index contributed by atoms with van der Waals surface area (Å²) in [5, 5.41) is 11.5. The zero-order valence-electron chi connectivity index (χ0n) is 16.8. The molecule has 0 bridgehead atoms. The van der Waals surface area contributed by atoms with Gasteiger partial charge in [0.2, 0.25) is 0 Å². The molecule has 2 aromatic carbocycles. The van der Waals surface area contributed by atoms with Crippen molar-refractivity contribution in [3.63, 3.8) is 0 Å². The molecule has 0 radical (unpaired) electrons. The second-order valence-corrected chi connectivity index (χ2v) is 7.33. The van der Waals surface area contributed by atoms with Crippen molar-refractivity contribution in [2.24, 2.45) is 0 Å². The predicted octanol–water partition coefficient (Wildman–Crippen LogP) is 4.62. The quantitative estimate of drug-likeness (QED) is 0.600. The second-order valence-electron chi connectivity index (χ2n) is 6.51. The molecule has 1 heterocycles. The van der Waals surface area contributed by atoms with E-state index in [1.54, 1.807) is 42.2 Å². The Morgan fingerprint density at radius 2 is 1.77 bits per heavy atom. The SMILES string of the molecule is CCN(CC)C(=O)c1ccc(NC(=O)c2nnn(-c3ccccc3Cl)c2C)cc1Cl. The van der Waals surface area contributed by atoms with Crippen molar-refractivity contribution in [3.8, 4) is 5.69 Å². The molecule has 156 valence electrons. The zero-order valence-corrected chi connectivity index (χ0v) is 18.3. The van der Waals surface area contributed by atoms with Gasteiger partial charge in [0.25, 0.3) is 11.8 Å². The number of benzene rings is 2. The summed E-state index contributed by atoms with van der Waals surface area (Å²) in [4.78, 5) is 26.9. The van der Waals surface area contributed by atoms with Gasteiger partial charge in [0.1, 0.15) is 0 Å². The largest absolute Gasteiger partial charge is 0.339 e. The molecule has 1 N–H and O–H groups in total. The Labute approximate surface area is 184 Å². The maximum absolute atomic E-state index is 12.7. The smallest absolute Gasteiger partial charge is 0.278 e. The van der Waals surface area contributed by atoms with Crippen molar-refractivity contribution in [2.45, 2.75) is 20.8 Å². The van der Waals surface area contributed by atoms with Gasteiger partial charge in [-0.25, -0.2) is 4.68 Å². The maximum atomic E-state index is 12.7. The third kappa shape index (κ3) is 4.32. The van der Waals surface area contributed by atoms with Crippen LogP contribution in [0.2, 0.25) is 10.0 Å². The van der Waals surface area contributed by atoms with Gasteiger partial charge in [0.15, 0.2) is 5.69 Å². The number of hydrogen-bond donors (Lipinski definition) is 1. The second kappa shape index (κ2) is 9.28. The van der Waals surface area contributed by atoms with Crippen molar-refractivity contribution >= 4 is 40.7 Å². The van der Waals surface area contributed by atoms with E-state index in [0.717, 1.165) is 0 Å². The third-order valence-electron chi connectivity index (χ3n) is 4.70. The fourth-order valence-corrected chi connectivity index (χ4v) is 3.51. The van der Waals surface area contributed by atoms with Crippen LogP contribution in [-0.2, 0) is 0 Å². The average molecular weight is 446 g/mol. The topological polar surface area (TPSA) is 80.1 Å². The number of nitrogens with zero attached hydrogens (tertiary/aromatic N) is 4. The van der Waals surface area contributed by atoms with Crippen LogP contribution in [0.25, 0.3) is 5.69 Å². The van der Waals surface area contributed by atoms with Crippen LogP contribution in [0, 0.1) is 6.92 Å². The van der Waals surface area contributed by atoms with E-state index in [1.165, 1.54) is 4.68 Å². The summed E-state index contributed by atoms with van der Waals surface area (Å²) in [6.45, 7) is 6.72. The highest BCUT2D eigenvalue weighted by molar-refractivity contribution is 6.34. The minimum atomic E-state index is -0.440. The van der Waals surface area contributed by atoms with Crippen molar-refractivity contribution in [1.29, 1.82) is 0 Å². The molecular formula is C21H21Cl2N5O2. The van der Waals surface area contributed by atoms with E-state index in [0.29, 0.717) is 40.7 Å². The van der Waals surface area contributed by atoms with Crippen LogP contribution in [0.15, 0.2) is 42.5 Å². The highest BCUT2D eigenvalue weighted by Gasteiger charge is 2.20. The van der Waals surface area contributed by atoms with Crippen LogP contribution in [0.5, 0.6) is 0 Å². The van der Waals surface area contributed by atoms with Gasteiger partial charge >= 0.3 is 0 Å². The lowest BCUT2D eigenvalue weighted by molar-refractivity contribution is 0.0773. The van der Waals surface area contributed by atoms with Crippen molar-refractivity contribution < 1.29 is 9.59 Å². The number of anilines is 1. The lowest BCUT2D eigenvalue weighted by atomic mass is 10.1. The highest BCUT2D eigenvalue weighted by Crippen LogP contribution is 2.24. The molecule has 1 aromatic heterocycles. The number of carbonyl (C=O) groups is 2. The van der Waals surface area contributed by atoms with Gasteiger partial charge in [-0.1, -0.05) is 40.5 Å². The minimum absolute atomic E-state index is 0.151. The molecule has 0 aliphatic carbocycles. The first kappa shape index (κ1) is 21.8. The Morgan fingerprint density at radius 3 is 2.40 bits per heavy atom. The van der Waals surface area contributed by atoms with E-state index in [1.807, 2.05) is 26.0 Å². The summed E-state index contributed by atoms with van der Waals surface area (Å²) >= 11 is 12.5. The summed E-state index contributed by atoms with van der Waals surface area (Å²) in [7, 11) is 0. The first-order valence-corrected chi connectivity index (χ1v) is 10.2. The van der Waals surface area contributed by atoms with E-state index >= 15 is 0 Å². The van der Waals surface area contributed by atoms with E-state index in [-0.39, 0.29) is 16.6 Å². The fourth-order valence-electron chi connectivity index (χ4n) is 3.03. The summed E-state index contributed by atoms with van der Waals surface area (Å²) in [6.07, 6.45) is 0. The molecule has 0 saturated carbocycles. The average Bonchev–Trinajstić information content (AvgIpc) is 3.10. The minimum Gasteiger partial charge on any atom is -0.339 e. The predicted molar refractivity (Wildman–Crippen MR) is 118 cm³/mol. The molecule has 30 heavy (non-hydrogen) atoms. The summed E-state index contributed by atoms with van der Waals surface area (Å²) in [5.41, 5.74) is 2.17. The van der Waals surface area contributed by atoms with Crippen LogP contribution in [0.4, 0.5) is 5.69 Å². The van der Waals surface area contributed by atoms with E-state index in [2.05, 4.69) is 15.6 Å². The van der Waals surface area contributed by atoms with Crippen LogP contribution in [0.3, 0.4) is 0 Å². The lowest BCUT2D eigenvalue weighted by Gasteiger charge is -2.19. The Hall–Kier alpha value is -2.90. The molecule has 0 atom stereocenters. The molecule has 0 aliphatic rings. The van der Waals surface area contributed by atoms with Gasteiger partial charge in [0, 0.05) is 18.8 Å². The van der Waals surface area contributed by atoms with E-state index < -0.39 is 5.91 Å². The number of aromatic nitrogens is 3. The Bertz CT molecular complexity index is 1090. The van der Waals surface area contributed by atoms with E-state index in [9.17, 15) is 9.59 Å². The van der Waals surface area contributed by atoms with Crippen LogP contribution >= 0.6 is 23.2 Å². The molecule has 0 saturated heterocycles. The number of para-hydroxylation sites is 1.